The van der Waals surface area contributed by atoms with E-state index in [0.717, 1.165) is 12.8 Å². The van der Waals surface area contributed by atoms with Gasteiger partial charge in [0.05, 0.1) is 5.92 Å². The zero-order chi connectivity index (χ0) is 15.6. The molecular weight excluding hydrogens is 273 g/mol. The summed E-state index contributed by atoms with van der Waals surface area (Å²) in [5.41, 5.74) is 0.539. The van der Waals surface area contributed by atoms with E-state index in [0.29, 0.717) is 5.56 Å². The standard InChI is InChI=1S/C16H20FNO3/c1-3-16(2)8-13(16)14(19)18-9-12(15(20)21)10-4-6-11(17)7-5-10/h4-7,12-13H,3,8-9H2,1-2H3,(H,18,19)(H,20,21). The van der Waals surface area contributed by atoms with Crippen LogP contribution in [0.3, 0.4) is 0 Å². The second kappa shape index (κ2) is 5.84. The van der Waals surface area contributed by atoms with Gasteiger partial charge in [0.25, 0.3) is 0 Å². The fourth-order valence-corrected chi connectivity index (χ4v) is 2.58. The summed E-state index contributed by atoms with van der Waals surface area (Å²) in [6.07, 6.45) is 1.79. The Labute approximate surface area is 123 Å². The number of halogens is 1. The maximum Gasteiger partial charge on any atom is 0.312 e. The number of benzene rings is 1. The lowest BCUT2D eigenvalue weighted by Crippen LogP contribution is -2.33. The van der Waals surface area contributed by atoms with Gasteiger partial charge in [-0.25, -0.2) is 4.39 Å². The molecular formula is C16H20FNO3. The van der Waals surface area contributed by atoms with Gasteiger partial charge in [0, 0.05) is 12.5 Å². The van der Waals surface area contributed by atoms with Crippen LogP contribution < -0.4 is 5.32 Å². The molecule has 1 amide bonds. The Balaban J connectivity index is 1.97. The first-order valence-electron chi connectivity index (χ1n) is 7.13. The molecule has 1 aromatic carbocycles. The minimum atomic E-state index is -1.03. The van der Waals surface area contributed by atoms with Gasteiger partial charge in [0.2, 0.25) is 5.91 Å². The number of hydrogen-bond donors (Lipinski definition) is 2. The second-order valence-corrected chi connectivity index (χ2v) is 5.95. The largest absolute Gasteiger partial charge is 0.481 e. The molecule has 1 aromatic rings. The van der Waals surface area contributed by atoms with Crippen LogP contribution in [0, 0.1) is 17.2 Å². The van der Waals surface area contributed by atoms with Crippen molar-refractivity contribution < 1.29 is 19.1 Å². The number of nitrogens with one attached hydrogen (secondary N) is 1. The number of rotatable bonds is 6. The molecule has 21 heavy (non-hydrogen) atoms. The Morgan fingerprint density at radius 3 is 2.52 bits per heavy atom. The summed E-state index contributed by atoms with van der Waals surface area (Å²) in [5.74, 6) is -2.42. The highest BCUT2D eigenvalue weighted by molar-refractivity contribution is 5.84. The molecule has 0 bridgehead atoms. The van der Waals surface area contributed by atoms with E-state index in [9.17, 15) is 19.1 Å². The molecule has 3 atom stereocenters. The van der Waals surface area contributed by atoms with Crippen molar-refractivity contribution in [2.75, 3.05) is 6.54 Å². The highest BCUT2D eigenvalue weighted by Crippen LogP contribution is 2.54. The average molecular weight is 293 g/mol. The van der Waals surface area contributed by atoms with Crippen LogP contribution in [0.1, 0.15) is 38.2 Å². The zero-order valence-electron chi connectivity index (χ0n) is 12.2. The molecule has 0 heterocycles. The van der Waals surface area contributed by atoms with E-state index in [1.165, 1.54) is 24.3 Å². The predicted octanol–water partition coefficient (Wildman–Crippen LogP) is 2.55. The van der Waals surface area contributed by atoms with E-state index in [2.05, 4.69) is 12.2 Å². The van der Waals surface area contributed by atoms with E-state index in [-0.39, 0.29) is 23.8 Å². The van der Waals surface area contributed by atoms with Crippen LogP contribution in [0.25, 0.3) is 0 Å². The first-order chi connectivity index (χ1) is 9.87. The third-order valence-electron chi connectivity index (χ3n) is 4.53. The summed E-state index contributed by atoms with van der Waals surface area (Å²) >= 11 is 0. The summed E-state index contributed by atoms with van der Waals surface area (Å²) in [4.78, 5) is 23.3. The number of amides is 1. The molecule has 0 saturated heterocycles. The molecule has 1 fully saturated rings. The fraction of sp³-hybridized carbons (Fsp3) is 0.500. The summed E-state index contributed by atoms with van der Waals surface area (Å²) in [5, 5.41) is 12.0. The summed E-state index contributed by atoms with van der Waals surface area (Å²) in [6, 6.07) is 5.32. The van der Waals surface area contributed by atoms with E-state index in [4.69, 9.17) is 0 Å². The number of carboxylic acid groups (broad SMARTS) is 1. The quantitative estimate of drug-likeness (QED) is 0.847. The lowest BCUT2D eigenvalue weighted by Gasteiger charge is -2.15. The van der Waals surface area contributed by atoms with Crippen molar-refractivity contribution in [3.63, 3.8) is 0 Å². The summed E-state index contributed by atoms with van der Waals surface area (Å²) in [7, 11) is 0. The van der Waals surface area contributed by atoms with Crippen molar-refractivity contribution in [3.05, 3.63) is 35.6 Å². The third-order valence-corrected chi connectivity index (χ3v) is 4.53. The van der Waals surface area contributed by atoms with Crippen LogP contribution in [-0.2, 0) is 9.59 Å². The van der Waals surface area contributed by atoms with Gasteiger partial charge in [-0.1, -0.05) is 26.0 Å². The zero-order valence-corrected chi connectivity index (χ0v) is 12.2. The van der Waals surface area contributed by atoms with Crippen molar-refractivity contribution in [2.45, 2.75) is 32.6 Å². The second-order valence-electron chi connectivity index (χ2n) is 5.95. The molecule has 1 aliphatic carbocycles. The van der Waals surface area contributed by atoms with Gasteiger partial charge in [-0.05, 0) is 36.0 Å². The maximum atomic E-state index is 12.9. The molecule has 0 aliphatic heterocycles. The first kappa shape index (κ1) is 15.5. The topological polar surface area (TPSA) is 66.4 Å². The van der Waals surface area contributed by atoms with Crippen molar-refractivity contribution >= 4 is 11.9 Å². The van der Waals surface area contributed by atoms with Crippen LogP contribution in [0.4, 0.5) is 4.39 Å². The first-order valence-corrected chi connectivity index (χ1v) is 7.13. The van der Waals surface area contributed by atoms with E-state index in [1.807, 2.05) is 6.92 Å². The van der Waals surface area contributed by atoms with Crippen LogP contribution in [-0.4, -0.2) is 23.5 Å². The lowest BCUT2D eigenvalue weighted by molar-refractivity contribution is -0.138. The van der Waals surface area contributed by atoms with Gasteiger partial charge in [0.15, 0.2) is 0 Å². The van der Waals surface area contributed by atoms with Crippen LogP contribution in [0.2, 0.25) is 0 Å². The van der Waals surface area contributed by atoms with Gasteiger partial charge in [0.1, 0.15) is 5.82 Å². The Kier molecular flexibility index (Phi) is 4.30. The number of aliphatic carboxylic acids is 1. The van der Waals surface area contributed by atoms with Crippen molar-refractivity contribution in [1.82, 2.24) is 5.32 Å². The van der Waals surface area contributed by atoms with Crippen molar-refractivity contribution in [1.29, 1.82) is 0 Å². The van der Waals surface area contributed by atoms with Crippen molar-refractivity contribution in [3.8, 4) is 0 Å². The van der Waals surface area contributed by atoms with E-state index >= 15 is 0 Å². The van der Waals surface area contributed by atoms with Gasteiger partial charge in [-0.15, -0.1) is 0 Å². The smallest absolute Gasteiger partial charge is 0.312 e. The van der Waals surface area contributed by atoms with Crippen molar-refractivity contribution in [2.24, 2.45) is 11.3 Å². The van der Waals surface area contributed by atoms with Gasteiger partial charge in [-0.2, -0.15) is 0 Å². The molecule has 5 heteroatoms. The lowest BCUT2D eigenvalue weighted by atomic mass is 9.98. The maximum absolute atomic E-state index is 12.9. The molecule has 114 valence electrons. The highest BCUT2D eigenvalue weighted by Gasteiger charge is 2.52. The SMILES string of the molecule is CCC1(C)CC1C(=O)NCC(C(=O)O)c1ccc(F)cc1. The van der Waals surface area contributed by atoms with Crippen LogP contribution in [0.5, 0.6) is 0 Å². The minimum absolute atomic E-state index is 0.0230. The molecule has 0 aromatic heterocycles. The Bertz CT molecular complexity index is 543. The summed E-state index contributed by atoms with van der Waals surface area (Å²) < 4.78 is 12.9. The predicted molar refractivity (Wildman–Crippen MR) is 76.3 cm³/mol. The molecule has 1 saturated carbocycles. The number of carbonyl (C=O) groups is 2. The van der Waals surface area contributed by atoms with E-state index in [1.54, 1.807) is 0 Å². The fourth-order valence-electron chi connectivity index (χ4n) is 2.58. The third kappa shape index (κ3) is 3.40. The van der Waals surface area contributed by atoms with Gasteiger partial charge >= 0.3 is 5.97 Å². The van der Waals surface area contributed by atoms with Crippen LogP contribution in [0.15, 0.2) is 24.3 Å². The van der Waals surface area contributed by atoms with Gasteiger partial charge < -0.3 is 10.4 Å². The Hall–Kier alpha value is -1.91. The van der Waals surface area contributed by atoms with Crippen LogP contribution >= 0.6 is 0 Å². The molecule has 0 radical (unpaired) electrons. The summed E-state index contributed by atoms with van der Waals surface area (Å²) in [6.45, 7) is 4.13. The number of carbonyl (C=O) groups excluding carboxylic acids is 1. The molecule has 3 unspecified atom stereocenters. The number of carboxylic acids is 1. The van der Waals surface area contributed by atoms with E-state index < -0.39 is 17.7 Å². The van der Waals surface area contributed by atoms with Gasteiger partial charge in [-0.3, -0.25) is 9.59 Å². The molecule has 1 aliphatic rings. The normalized spacial score (nSPS) is 25.2. The highest BCUT2D eigenvalue weighted by atomic mass is 19.1. The minimum Gasteiger partial charge on any atom is -0.481 e. The molecule has 0 spiro atoms. The number of hydrogen-bond acceptors (Lipinski definition) is 2. The average Bonchev–Trinajstić information content (AvgIpc) is 3.13. The monoisotopic (exact) mass is 293 g/mol. The Morgan fingerprint density at radius 1 is 1.43 bits per heavy atom. The molecule has 2 rings (SSSR count). The molecule has 4 nitrogen and oxygen atoms in total. The molecule has 2 N–H and O–H groups in total. The Morgan fingerprint density at radius 2 is 2.05 bits per heavy atom.